The van der Waals surface area contributed by atoms with Crippen molar-refractivity contribution < 1.29 is 14.3 Å². The van der Waals surface area contributed by atoms with Crippen LogP contribution >= 0.6 is 11.8 Å². The molecule has 0 aromatic heterocycles. The summed E-state index contributed by atoms with van der Waals surface area (Å²) in [6.45, 7) is 2.57. The number of thioether (sulfide) groups is 1. The lowest BCUT2D eigenvalue weighted by Gasteiger charge is -2.16. The Hall–Kier alpha value is -1.49. The predicted octanol–water partition coefficient (Wildman–Crippen LogP) is 2.37. The van der Waals surface area contributed by atoms with Crippen molar-refractivity contribution in [1.82, 2.24) is 4.90 Å². The first kappa shape index (κ1) is 17.6. The van der Waals surface area contributed by atoms with Crippen LogP contribution in [0.25, 0.3) is 0 Å². The van der Waals surface area contributed by atoms with E-state index in [4.69, 9.17) is 4.74 Å². The van der Waals surface area contributed by atoms with Crippen LogP contribution in [-0.2, 0) is 20.7 Å². The SMILES string of the molecule is CCOC(=O)CCN(C)C(=O)CSCCc1ccccc1. The number of carbonyl (C=O) groups excluding carboxylic acids is 2. The molecule has 1 rings (SSSR count). The predicted molar refractivity (Wildman–Crippen MR) is 86.4 cm³/mol. The fourth-order valence-electron chi connectivity index (χ4n) is 1.72. The van der Waals surface area contributed by atoms with E-state index >= 15 is 0 Å². The van der Waals surface area contributed by atoms with E-state index in [2.05, 4.69) is 12.1 Å². The van der Waals surface area contributed by atoms with Crippen molar-refractivity contribution in [3.05, 3.63) is 35.9 Å². The minimum absolute atomic E-state index is 0.0531. The minimum Gasteiger partial charge on any atom is -0.466 e. The molecule has 0 atom stereocenters. The highest BCUT2D eigenvalue weighted by Gasteiger charge is 2.11. The van der Waals surface area contributed by atoms with E-state index in [-0.39, 0.29) is 18.3 Å². The third-order valence-corrected chi connectivity index (χ3v) is 3.93. The van der Waals surface area contributed by atoms with Gasteiger partial charge in [0.1, 0.15) is 0 Å². The molecule has 0 heterocycles. The molecule has 21 heavy (non-hydrogen) atoms. The standard InChI is InChI=1S/C16H23NO3S/c1-3-20-16(19)9-11-17(2)15(18)13-21-12-10-14-7-5-4-6-8-14/h4-8H,3,9-13H2,1-2H3. The van der Waals surface area contributed by atoms with Gasteiger partial charge >= 0.3 is 5.97 Å². The zero-order valence-corrected chi connectivity index (χ0v) is 13.5. The van der Waals surface area contributed by atoms with Crippen LogP contribution in [0.4, 0.5) is 0 Å². The van der Waals surface area contributed by atoms with Gasteiger partial charge in [-0.05, 0) is 24.7 Å². The summed E-state index contributed by atoms with van der Waals surface area (Å²) < 4.78 is 4.84. The fraction of sp³-hybridized carbons (Fsp3) is 0.500. The van der Waals surface area contributed by atoms with Crippen molar-refractivity contribution >= 4 is 23.6 Å². The molecule has 5 heteroatoms. The number of rotatable bonds is 9. The largest absolute Gasteiger partial charge is 0.466 e. The molecule has 0 saturated carbocycles. The van der Waals surface area contributed by atoms with Crippen molar-refractivity contribution in [3.63, 3.8) is 0 Å². The minimum atomic E-state index is -0.256. The van der Waals surface area contributed by atoms with Gasteiger partial charge in [-0.25, -0.2) is 0 Å². The van der Waals surface area contributed by atoms with Gasteiger partial charge in [0, 0.05) is 13.6 Å². The number of ether oxygens (including phenoxy) is 1. The summed E-state index contributed by atoms with van der Waals surface area (Å²) in [6, 6.07) is 10.2. The average Bonchev–Trinajstić information content (AvgIpc) is 2.50. The average molecular weight is 309 g/mol. The molecule has 0 saturated heterocycles. The Kier molecular flexibility index (Phi) is 8.59. The molecule has 0 N–H and O–H groups in total. The van der Waals surface area contributed by atoms with E-state index in [1.165, 1.54) is 5.56 Å². The number of hydrogen-bond acceptors (Lipinski definition) is 4. The topological polar surface area (TPSA) is 46.6 Å². The van der Waals surface area contributed by atoms with Crippen LogP contribution in [0.1, 0.15) is 18.9 Å². The molecule has 0 radical (unpaired) electrons. The Morgan fingerprint density at radius 2 is 1.95 bits per heavy atom. The zero-order valence-electron chi connectivity index (χ0n) is 12.7. The van der Waals surface area contributed by atoms with Crippen molar-refractivity contribution in [3.8, 4) is 0 Å². The second-order valence-electron chi connectivity index (χ2n) is 4.66. The van der Waals surface area contributed by atoms with Crippen LogP contribution in [0.15, 0.2) is 30.3 Å². The maximum atomic E-state index is 11.9. The summed E-state index contributed by atoms with van der Waals surface area (Å²) in [6.07, 6.45) is 1.22. The fourth-order valence-corrected chi connectivity index (χ4v) is 2.64. The lowest BCUT2D eigenvalue weighted by molar-refractivity contribution is -0.143. The Balaban J connectivity index is 2.13. The van der Waals surface area contributed by atoms with Crippen LogP contribution in [0.5, 0.6) is 0 Å². The summed E-state index contributed by atoms with van der Waals surface area (Å²) in [5.41, 5.74) is 1.29. The lowest BCUT2D eigenvalue weighted by Crippen LogP contribution is -2.30. The van der Waals surface area contributed by atoms with Gasteiger partial charge in [0.2, 0.25) is 5.91 Å². The molecular weight excluding hydrogens is 286 g/mol. The lowest BCUT2D eigenvalue weighted by atomic mass is 10.2. The smallest absolute Gasteiger partial charge is 0.307 e. The Labute approximate surface area is 130 Å². The molecule has 1 aromatic carbocycles. The van der Waals surface area contributed by atoms with Crippen molar-refractivity contribution in [1.29, 1.82) is 0 Å². The first-order valence-corrected chi connectivity index (χ1v) is 8.30. The Morgan fingerprint density at radius 3 is 2.62 bits per heavy atom. The number of carbonyl (C=O) groups is 2. The number of nitrogens with zero attached hydrogens (tertiary/aromatic N) is 1. The summed E-state index contributed by atoms with van der Waals surface area (Å²) in [7, 11) is 1.72. The number of esters is 1. The monoisotopic (exact) mass is 309 g/mol. The quantitative estimate of drug-likeness (QED) is 0.519. The molecule has 0 fully saturated rings. The van der Waals surface area contributed by atoms with E-state index < -0.39 is 0 Å². The van der Waals surface area contributed by atoms with E-state index in [0.29, 0.717) is 18.9 Å². The molecule has 0 unspecified atom stereocenters. The summed E-state index contributed by atoms with van der Waals surface area (Å²) in [4.78, 5) is 24.7. The van der Waals surface area contributed by atoms with Crippen molar-refractivity contribution in [2.24, 2.45) is 0 Å². The van der Waals surface area contributed by atoms with Crippen molar-refractivity contribution in [2.45, 2.75) is 19.8 Å². The van der Waals surface area contributed by atoms with Crippen LogP contribution in [0.3, 0.4) is 0 Å². The molecule has 0 spiro atoms. The molecule has 116 valence electrons. The second-order valence-corrected chi connectivity index (χ2v) is 5.76. The normalized spacial score (nSPS) is 10.2. The highest BCUT2D eigenvalue weighted by Crippen LogP contribution is 2.08. The zero-order chi connectivity index (χ0) is 15.5. The first-order valence-electron chi connectivity index (χ1n) is 7.14. The van der Waals surface area contributed by atoms with Gasteiger partial charge in [-0.2, -0.15) is 11.8 Å². The molecule has 0 aliphatic carbocycles. The van der Waals surface area contributed by atoms with E-state index in [1.807, 2.05) is 18.2 Å². The first-order chi connectivity index (χ1) is 10.1. The van der Waals surface area contributed by atoms with E-state index in [1.54, 1.807) is 30.6 Å². The number of aryl methyl sites for hydroxylation is 1. The maximum Gasteiger partial charge on any atom is 0.307 e. The molecule has 0 bridgehead atoms. The van der Waals surface area contributed by atoms with Gasteiger partial charge in [-0.3, -0.25) is 9.59 Å². The molecule has 0 aliphatic rings. The molecule has 1 aromatic rings. The molecule has 1 amide bonds. The highest BCUT2D eigenvalue weighted by atomic mass is 32.2. The summed E-state index contributed by atoms with van der Waals surface area (Å²) in [5.74, 6) is 1.17. The Bertz CT molecular complexity index is 436. The van der Waals surface area contributed by atoms with Gasteiger partial charge in [0.15, 0.2) is 0 Å². The van der Waals surface area contributed by atoms with Gasteiger partial charge in [0.25, 0.3) is 0 Å². The third kappa shape index (κ3) is 7.75. The highest BCUT2D eigenvalue weighted by molar-refractivity contribution is 7.99. The third-order valence-electron chi connectivity index (χ3n) is 2.99. The number of hydrogen-bond donors (Lipinski definition) is 0. The summed E-state index contributed by atoms with van der Waals surface area (Å²) in [5, 5.41) is 0. The number of amides is 1. The van der Waals surface area contributed by atoms with Gasteiger partial charge < -0.3 is 9.64 Å². The van der Waals surface area contributed by atoms with Crippen LogP contribution in [0, 0.1) is 0 Å². The molecular formula is C16H23NO3S. The molecule has 0 aliphatic heterocycles. The van der Waals surface area contributed by atoms with Crippen LogP contribution in [0.2, 0.25) is 0 Å². The van der Waals surface area contributed by atoms with E-state index in [0.717, 1.165) is 12.2 Å². The van der Waals surface area contributed by atoms with Crippen molar-refractivity contribution in [2.75, 3.05) is 31.7 Å². The second kappa shape index (κ2) is 10.3. The Morgan fingerprint density at radius 1 is 1.24 bits per heavy atom. The van der Waals surface area contributed by atoms with Crippen LogP contribution < -0.4 is 0 Å². The summed E-state index contributed by atoms with van der Waals surface area (Å²) >= 11 is 1.62. The van der Waals surface area contributed by atoms with Gasteiger partial charge in [-0.1, -0.05) is 30.3 Å². The maximum absolute atomic E-state index is 11.9. The van der Waals surface area contributed by atoms with E-state index in [9.17, 15) is 9.59 Å². The van der Waals surface area contributed by atoms with Crippen LogP contribution in [-0.4, -0.2) is 48.5 Å². The molecule has 4 nitrogen and oxygen atoms in total. The van der Waals surface area contributed by atoms with Gasteiger partial charge in [-0.15, -0.1) is 0 Å². The number of benzene rings is 1. The van der Waals surface area contributed by atoms with Gasteiger partial charge in [0.05, 0.1) is 18.8 Å².